The molecule has 23 unspecified atom stereocenters. The van der Waals surface area contributed by atoms with Crippen LogP contribution in [0, 0.1) is 0 Å². The van der Waals surface area contributed by atoms with Gasteiger partial charge in [-0.25, -0.2) is 0 Å². The van der Waals surface area contributed by atoms with Gasteiger partial charge < -0.3 is 98.8 Å². The molecule has 0 spiro atoms. The van der Waals surface area contributed by atoms with Crippen LogP contribution in [0.5, 0.6) is 0 Å². The van der Waals surface area contributed by atoms with Crippen LogP contribution in [0.1, 0.15) is 27.7 Å². The van der Waals surface area contributed by atoms with E-state index in [9.17, 15) is 56.2 Å². The van der Waals surface area contributed by atoms with E-state index in [4.69, 9.17) is 42.6 Å². The molecule has 20 nitrogen and oxygen atoms in total. The van der Waals surface area contributed by atoms with E-state index < -0.39 is 148 Å². The van der Waals surface area contributed by atoms with Crippen molar-refractivity contribution < 1.29 is 98.8 Å². The highest BCUT2D eigenvalue weighted by molar-refractivity contribution is 4.97. The van der Waals surface area contributed by atoms with Gasteiger partial charge in [0.2, 0.25) is 0 Å². The SMILES string of the molecule is CC1OC(OC2C(O)COC(OC3C(C)OC(OC4C(C)OCC(O)C4O)C(O)C3OC3OC(C)C(O)C(O)C3O)C2O)C(O)C(O)C1O. The first kappa shape index (κ1) is 39.4. The third kappa shape index (κ3) is 8.09. The maximum atomic E-state index is 11.5. The molecule has 5 rings (SSSR count). The van der Waals surface area contributed by atoms with Gasteiger partial charge >= 0.3 is 0 Å². The van der Waals surface area contributed by atoms with E-state index >= 15 is 0 Å². The first-order valence-electron chi connectivity index (χ1n) is 16.3. The van der Waals surface area contributed by atoms with Crippen molar-refractivity contribution in [2.75, 3.05) is 13.2 Å². The summed E-state index contributed by atoms with van der Waals surface area (Å²) >= 11 is 0. The second-order valence-electron chi connectivity index (χ2n) is 13.3. The summed E-state index contributed by atoms with van der Waals surface area (Å²) in [6.07, 6.45) is -33.5. The summed E-state index contributed by atoms with van der Waals surface area (Å²) in [7, 11) is 0. The van der Waals surface area contributed by atoms with Gasteiger partial charge in [0.15, 0.2) is 25.2 Å². The Balaban J connectivity index is 1.36. The van der Waals surface area contributed by atoms with Crippen molar-refractivity contribution in [2.24, 2.45) is 0 Å². The van der Waals surface area contributed by atoms with Crippen molar-refractivity contribution in [2.45, 2.75) is 169 Å². The molecule has 5 aliphatic rings. The van der Waals surface area contributed by atoms with Crippen LogP contribution < -0.4 is 0 Å². The van der Waals surface area contributed by atoms with Crippen LogP contribution in [0.2, 0.25) is 0 Å². The number of hydrogen-bond donors (Lipinski definition) is 11. The van der Waals surface area contributed by atoms with E-state index in [0.29, 0.717) is 0 Å². The van der Waals surface area contributed by atoms with E-state index in [2.05, 4.69) is 0 Å². The van der Waals surface area contributed by atoms with Crippen molar-refractivity contribution >= 4 is 0 Å². The first-order valence-corrected chi connectivity index (χ1v) is 16.3. The molecule has 0 radical (unpaired) electrons. The van der Waals surface area contributed by atoms with Gasteiger partial charge in [-0.3, -0.25) is 0 Å². The lowest BCUT2D eigenvalue weighted by Gasteiger charge is -2.49. The Morgan fingerprint density at radius 2 is 0.776 bits per heavy atom. The molecule has 5 aliphatic heterocycles. The predicted octanol–water partition coefficient (Wildman–Crippen LogP) is -6.49. The molecule has 0 aromatic carbocycles. The van der Waals surface area contributed by atoms with Gasteiger partial charge in [-0.1, -0.05) is 0 Å². The fraction of sp³-hybridized carbons (Fsp3) is 1.00. The number of aliphatic hydroxyl groups excluding tert-OH is 11. The van der Waals surface area contributed by atoms with Crippen LogP contribution >= 0.6 is 0 Å². The third-order valence-electron chi connectivity index (χ3n) is 9.68. The Kier molecular flexibility index (Phi) is 12.9. The molecule has 49 heavy (non-hydrogen) atoms. The zero-order chi connectivity index (χ0) is 36.1. The average Bonchev–Trinajstić information content (AvgIpc) is 3.06. The van der Waals surface area contributed by atoms with Gasteiger partial charge in [-0.2, -0.15) is 0 Å². The standard InChI is InChI=1S/C29H50O20/c1-7-13(32)16(35)18(37)27(43-7)48-24-12(31)6-42-26(20(24)39)47-23-10(4)45-29(46-22-9(3)41-5-11(30)15(22)34)21(40)25(23)49-28-19(38)17(36)14(33)8(2)44-28/h7-40H,5-6H2,1-4H3. The van der Waals surface area contributed by atoms with E-state index in [1.807, 2.05) is 0 Å². The molecule has 0 aromatic rings. The maximum absolute atomic E-state index is 11.5. The summed E-state index contributed by atoms with van der Waals surface area (Å²) in [5.74, 6) is 0. The Morgan fingerprint density at radius 3 is 1.35 bits per heavy atom. The maximum Gasteiger partial charge on any atom is 0.187 e. The van der Waals surface area contributed by atoms with E-state index in [-0.39, 0.29) is 6.61 Å². The van der Waals surface area contributed by atoms with Gasteiger partial charge in [-0.15, -0.1) is 0 Å². The van der Waals surface area contributed by atoms with Gasteiger partial charge in [-0.05, 0) is 27.7 Å². The molecule has 23 atom stereocenters. The van der Waals surface area contributed by atoms with Gasteiger partial charge in [0.1, 0.15) is 91.6 Å². The molecule has 0 aromatic heterocycles. The second kappa shape index (κ2) is 16.1. The molecular formula is C29H50O20. The first-order chi connectivity index (χ1) is 23.0. The molecule has 286 valence electrons. The van der Waals surface area contributed by atoms with E-state index in [1.165, 1.54) is 20.8 Å². The Hall–Kier alpha value is -0.800. The molecule has 5 fully saturated rings. The fourth-order valence-corrected chi connectivity index (χ4v) is 6.51. The molecule has 11 N–H and O–H groups in total. The van der Waals surface area contributed by atoms with Gasteiger partial charge in [0, 0.05) is 0 Å². The number of ether oxygens (including phenoxy) is 9. The number of hydrogen-bond acceptors (Lipinski definition) is 20. The molecule has 5 heterocycles. The number of aliphatic hydroxyl groups is 11. The summed E-state index contributed by atoms with van der Waals surface area (Å²) in [6, 6.07) is 0. The molecule has 0 amide bonds. The Bertz CT molecular complexity index is 1060. The summed E-state index contributed by atoms with van der Waals surface area (Å²) in [5.41, 5.74) is 0. The highest BCUT2D eigenvalue weighted by Gasteiger charge is 2.54. The van der Waals surface area contributed by atoms with Crippen molar-refractivity contribution in [3.05, 3.63) is 0 Å². The number of rotatable bonds is 8. The molecule has 0 aliphatic carbocycles. The Labute approximate surface area is 281 Å². The molecule has 5 saturated heterocycles. The second-order valence-corrected chi connectivity index (χ2v) is 13.3. The lowest BCUT2D eigenvalue weighted by molar-refractivity contribution is -0.391. The highest BCUT2D eigenvalue weighted by Crippen LogP contribution is 2.35. The van der Waals surface area contributed by atoms with Crippen LogP contribution in [0.3, 0.4) is 0 Å². The normalized spacial score (nSPS) is 56.0. The minimum absolute atomic E-state index is 0.159. The quantitative estimate of drug-likeness (QED) is 0.111. The summed E-state index contributed by atoms with van der Waals surface area (Å²) in [5, 5.41) is 116. The minimum Gasteiger partial charge on any atom is -0.388 e. The predicted molar refractivity (Wildman–Crippen MR) is 154 cm³/mol. The largest absolute Gasteiger partial charge is 0.388 e. The average molecular weight is 719 g/mol. The van der Waals surface area contributed by atoms with Crippen molar-refractivity contribution in [1.82, 2.24) is 0 Å². The van der Waals surface area contributed by atoms with Crippen LogP contribution in [-0.2, 0) is 42.6 Å². The van der Waals surface area contributed by atoms with Crippen LogP contribution in [-0.4, -0.2) is 211 Å². The van der Waals surface area contributed by atoms with Crippen LogP contribution in [0.4, 0.5) is 0 Å². The zero-order valence-corrected chi connectivity index (χ0v) is 27.3. The fourth-order valence-electron chi connectivity index (χ4n) is 6.51. The smallest absolute Gasteiger partial charge is 0.187 e. The van der Waals surface area contributed by atoms with Crippen LogP contribution in [0.25, 0.3) is 0 Å². The van der Waals surface area contributed by atoms with Crippen LogP contribution in [0.15, 0.2) is 0 Å². The summed E-state index contributed by atoms with van der Waals surface area (Å²) in [6.45, 7) is 5.27. The summed E-state index contributed by atoms with van der Waals surface area (Å²) < 4.78 is 51.5. The topological polar surface area (TPSA) is 306 Å². The monoisotopic (exact) mass is 718 g/mol. The third-order valence-corrected chi connectivity index (χ3v) is 9.68. The minimum atomic E-state index is -1.80. The van der Waals surface area contributed by atoms with E-state index in [1.54, 1.807) is 6.92 Å². The molecule has 0 saturated carbocycles. The van der Waals surface area contributed by atoms with Gasteiger partial charge in [0.05, 0.1) is 37.6 Å². The zero-order valence-electron chi connectivity index (χ0n) is 27.3. The molecule has 0 bridgehead atoms. The van der Waals surface area contributed by atoms with Gasteiger partial charge in [0.25, 0.3) is 0 Å². The highest BCUT2D eigenvalue weighted by atomic mass is 16.8. The van der Waals surface area contributed by atoms with Crippen molar-refractivity contribution in [3.8, 4) is 0 Å². The lowest BCUT2D eigenvalue weighted by Crippen LogP contribution is -2.67. The van der Waals surface area contributed by atoms with Crippen molar-refractivity contribution in [3.63, 3.8) is 0 Å². The molecule has 20 heteroatoms. The lowest BCUT2D eigenvalue weighted by atomic mass is 9.96. The van der Waals surface area contributed by atoms with E-state index in [0.717, 1.165) is 0 Å². The molecular weight excluding hydrogens is 668 g/mol. The van der Waals surface area contributed by atoms with Crippen molar-refractivity contribution in [1.29, 1.82) is 0 Å². The Morgan fingerprint density at radius 1 is 0.347 bits per heavy atom. The summed E-state index contributed by atoms with van der Waals surface area (Å²) in [4.78, 5) is 0.